The third-order valence-corrected chi connectivity index (χ3v) is 4.92. The lowest BCUT2D eigenvalue weighted by Gasteiger charge is -2.17. The van der Waals surface area contributed by atoms with Crippen LogP contribution in [0, 0.1) is 6.92 Å². The molecule has 0 radical (unpaired) electrons. The molecular formula is C20H24ClN3. The first-order chi connectivity index (χ1) is 10.9. The first kappa shape index (κ1) is 18.2. The van der Waals surface area contributed by atoms with Gasteiger partial charge in [0.25, 0.3) is 0 Å². The fraction of sp³-hybridized carbons (Fsp3) is 0.300. The predicted octanol–water partition coefficient (Wildman–Crippen LogP) is 1.47. The second-order valence-corrected chi connectivity index (χ2v) is 6.75. The van der Waals surface area contributed by atoms with Crippen molar-refractivity contribution in [3.63, 3.8) is 0 Å². The summed E-state index contributed by atoms with van der Waals surface area (Å²) in [7, 11) is 2.13. The van der Waals surface area contributed by atoms with Crippen molar-refractivity contribution in [1.82, 2.24) is 0 Å². The number of anilines is 1. The lowest BCUT2D eigenvalue weighted by Crippen LogP contribution is -3.00. The zero-order chi connectivity index (χ0) is 16.6. The molecule has 0 aliphatic carbocycles. The highest BCUT2D eigenvalue weighted by Crippen LogP contribution is 2.40. The number of benzene rings is 2. The van der Waals surface area contributed by atoms with Crippen LogP contribution in [0.5, 0.6) is 0 Å². The lowest BCUT2D eigenvalue weighted by molar-refractivity contribution is -0.403. The van der Waals surface area contributed by atoms with E-state index in [1.165, 1.54) is 22.5 Å². The molecule has 1 aliphatic rings. The summed E-state index contributed by atoms with van der Waals surface area (Å²) in [5.74, 6) is 0. The molecule has 3 rings (SSSR count). The standard InChI is InChI=1S/C20H24N3.ClH/c1-14-9-11-17(12-10-14)22-21-13-16-7-6-8-18-19(16)20(3,4)15(2)23(18)5;/h6-13,22H,1-5H3;1H/q+1;/p-1. The van der Waals surface area contributed by atoms with Gasteiger partial charge in [0.2, 0.25) is 5.69 Å². The molecular weight excluding hydrogens is 318 g/mol. The SMILES string of the molecule is CC1=[N+](C)c2cccc(C=NNc3ccc(C)cc3)c2C1(C)C.[Cl-]. The zero-order valence-electron chi connectivity index (χ0n) is 14.9. The molecule has 2 aromatic rings. The average Bonchev–Trinajstić information content (AvgIpc) is 2.71. The summed E-state index contributed by atoms with van der Waals surface area (Å²) in [5.41, 5.74) is 10.5. The van der Waals surface area contributed by atoms with Crippen LogP contribution in [0.2, 0.25) is 0 Å². The summed E-state index contributed by atoms with van der Waals surface area (Å²) >= 11 is 0. The average molecular weight is 342 g/mol. The van der Waals surface area contributed by atoms with Crippen molar-refractivity contribution < 1.29 is 17.0 Å². The van der Waals surface area contributed by atoms with Gasteiger partial charge >= 0.3 is 0 Å². The van der Waals surface area contributed by atoms with E-state index in [-0.39, 0.29) is 17.8 Å². The third-order valence-electron chi connectivity index (χ3n) is 4.92. The Morgan fingerprint density at radius 1 is 1.04 bits per heavy atom. The highest BCUT2D eigenvalue weighted by Gasteiger charge is 2.42. The maximum atomic E-state index is 4.43. The monoisotopic (exact) mass is 341 g/mol. The van der Waals surface area contributed by atoms with Gasteiger partial charge in [0.15, 0.2) is 5.71 Å². The molecule has 1 heterocycles. The van der Waals surface area contributed by atoms with Crippen LogP contribution in [0.25, 0.3) is 0 Å². The van der Waals surface area contributed by atoms with Gasteiger partial charge < -0.3 is 12.4 Å². The first-order valence-electron chi connectivity index (χ1n) is 7.98. The van der Waals surface area contributed by atoms with E-state index in [0.717, 1.165) is 11.3 Å². The van der Waals surface area contributed by atoms with E-state index in [4.69, 9.17) is 0 Å². The summed E-state index contributed by atoms with van der Waals surface area (Å²) in [6.07, 6.45) is 1.92. The number of rotatable bonds is 3. The molecule has 0 saturated carbocycles. The number of fused-ring (bicyclic) bond motifs is 1. The molecule has 0 saturated heterocycles. The molecule has 1 N–H and O–H groups in total. The van der Waals surface area contributed by atoms with Crippen molar-refractivity contribution in [1.29, 1.82) is 0 Å². The van der Waals surface area contributed by atoms with Gasteiger partial charge in [-0.1, -0.05) is 29.8 Å². The zero-order valence-corrected chi connectivity index (χ0v) is 15.6. The molecule has 126 valence electrons. The van der Waals surface area contributed by atoms with Crippen LogP contribution >= 0.6 is 0 Å². The lowest BCUT2D eigenvalue weighted by atomic mass is 9.80. The molecule has 24 heavy (non-hydrogen) atoms. The molecule has 1 aliphatic heterocycles. The minimum absolute atomic E-state index is 0. The summed E-state index contributed by atoms with van der Waals surface area (Å²) in [4.78, 5) is 0. The highest BCUT2D eigenvalue weighted by molar-refractivity contribution is 5.98. The number of hydrogen-bond donors (Lipinski definition) is 1. The molecule has 4 heteroatoms. The minimum atomic E-state index is 0. The number of hydrogen-bond acceptors (Lipinski definition) is 2. The Labute approximate surface area is 150 Å². The van der Waals surface area contributed by atoms with Crippen molar-refractivity contribution in [2.75, 3.05) is 12.5 Å². The van der Waals surface area contributed by atoms with Crippen LogP contribution in [0.4, 0.5) is 11.4 Å². The van der Waals surface area contributed by atoms with Crippen LogP contribution in [0.15, 0.2) is 47.6 Å². The Hall–Kier alpha value is -2.13. The van der Waals surface area contributed by atoms with Crippen LogP contribution in [-0.4, -0.2) is 23.5 Å². The molecule has 0 fully saturated rings. The third kappa shape index (κ3) is 3.09. The van der Waals surface area contributed by atoms with E-state index in [9.17, 15) is 0 Å². The first-order valence-corrected chi connectivity index (χ1v) is 7.98. The Morgan fingerprint density at radius 3 is 2.38 bits per heavy atom. The molecule has 0 spiro atoms. The van der Waals surface area contributed by atoms with E-state index in [1.54, 1.807) is 0 Å². The maximum absolute atomic E-state index is 4.43. The van der Waals surface area contributed by atoms with Crippen molar-refractivity contribution >= 4 is 23.3 Å². The van der Waals surface area contributed by atoms with E-state index < -0.39 is 0 Å². The normalized spacial score (nSPS) is 15.4. The van der Waals surface area contributed by atoms with E-state index in [2.05, 4.69) is 80.2 Å². The predicted molar refractivity (Wildman–Crippen MR) is 98.4 cm³/mol. The van der Waals surface area contributed by atoms with Gasteiger partial charge in [0.1, 0.15) is 7.05 Å². The molecule has 0 atom stereocenters. The van der Waals surface area contributed by atoms with Gasteiger partial charge in [-0.2, -0.15) is 5.10 Å². The molecule has 0 aromatic heterocycles. The van der Waals surface area contributed by atoms with Crippen molar-refractivity contribution in [2.24, 2.45) is 5.10 Å². The summed E-state index contributed by atoms with van der Waals surface area (Å²) < 4.78 is 2.28. The number of halogens is 1. The van der Waals surface area contributed by atoms with Crippen LogP contribution < -0.4 is 17.8 Å². The summed E-state index contributed by atoms with van der Waals surface area (Å²) in [6.45, 7) is 8.83. The molecule has 2 aromatic carbocycles. The fourth-order valence-electron chi connectivity index (χ4n) is 3.21. The fourth-order valence-corrected chi connectivity index (χ4v) is 3.21. The number of nitrogens with zero attached hydrogens (tertiary/aromatic N) is 2. The van der Waals surface area contributed by atoms with Crippen LogP contribution in [-0.2, 0) is 5.41 Å². The van der Waals surface area contributed by atoms with Crippen LogP contribution in [0.3, 0.4) is 0 Å². The van der Waals surface area contributed by atoms with Gasteiger partial charge in [-0.05, 0) is 32.9 Å². The van der Waals surface area contributed by atoms with Gasteiger partial charge in [0, 0.05) is 24.1 Å². The quantitative estimate of drug-likeness (QED) is 0.511. The van der Waals surface area contributed by atoms with Crippen molar-refractivity contribution in [3.8, 4) is 0 Å². The van der Waals surface area contributed by atoms with E-state index >= 15 is 0 Å². The molecule has 0 bridgehead atoms. The van der Waals surface area contributed by atoms with Gasteiger partial charge in [-0.3, -0.25) is 5.43 Å². The Kier molecular flexibility index (Phi) is 5.14. The maximum Gasteiger partial charge on any atom is 0.209 e. The van der Waals surface area contributed by atoms with Gasteiger partial charge in [-0.25, -0.2) is 4.58 Å². The topological polar surface area (TPSA) is 27.4 Å². The van der Waals surface area contributed by atoms with E-state index in [0.29, 0.717) is 0 Å². The molecule has 0 unspecified atom stereocenters. The van der Waals surface area contributed by atoms with Crippen molar-refractivity contribution in [3.05, 3.63) is 59.2 Å². The number of hydrazone groups is 1. The second kappa shape index (κ2) is 6.78. The largest absolute Gasteiger partial charge is 1.00 e. The summed E-state index contributed by atoms with van der Waals surface area (Å²) in [5, 5.41) is 4.43. The second-order valence-electron chi connectivity index (χ2n) is 6.75. The molecule has 3 nitrogen and oxygen atoms in total. The number of nitrogens with one attached hydrogen (secondary N) is 1. The highest BCUT2D eigenvalue weighted by atomic mass is 35.5. The minimum Gasteiger partial charge on any atom is -1.00 e. The van der Waals surface area contributed by atoms with Crippen LogP contribution in [0.1, 0.15) is 37.5 Å². The van der Waals surface area contributed by atoms with Crippen molar-refractivity contribution in [2.45, 2.75) is 33.1 Å². The van der Waals surface area contributed by atoms with Gasteiger partial charge in [-0.15, -0.1) is 0 Å². The Morgan fingerprint density at radius 2 is 1.71 bits per heavy atom. The van der Waals surface area contributed by atoms with E-state index in [1.807, 2.05) is 18.3 Å². The van der Waals surface area contributed by atoms with Gasteiger partial charge in [0.05, 0.1) is 17.3 Å². The number of aryl methyl sites for hydroxylation is 1. The summed E-state index contributed by atoms with van der Waals surface area (Å²) in [6, 6.07) is 14.6. The Bertz CT molecular complexity index is 802. The smallest absolute Gasteiger partial charge is 0.209 e. The Balaban J connectivity index is 0.00000208. The molecule has 0 amide bonds.